The Morgan fingerprint density at radius 3 is 2.96 bits per heavy atom. The zero-order valence-corrected chi connectivity index (χ0v) is 16.1. The Morgan fingerprint density at radius 1 is 1.33 bits per heavy atom. The minimum Gasteiger partial charge on any atom is -0.367 e. The highest BCUT2D eigenvalue weighted by Crippen LogP contribution is 2.27. The molecule has 1 aliphatic heterocycles. The molecule has 2 N–H and O–H groups in total. The smallest absolute Gasteiger partial charge is 0.227 e. The van der Waals surface area contributed by atoms with Crippen molar-refractivity contribution in [2.24, 2.45) is 5.92 Å². The van der Waals surface area contributed by atoms with Crippen molar-refractivity contribution in [1.29, 1.82) is 5.26 Å². The molecule has 2 aromatic rings. The van der Waals surface area contributed by atoms with Gasteiger partial charge in [-0.1, -0.05) is 22.0 Å². The summed E-state index contributed by atoms with van der Waals surface area (Å²) in [6.07, 6.45) is 1.80. The molecule has 1 fully saturated rings. The minimum atomic E-state index is -0.374. The van der Waals surface area contributed by atoms with Crippen LogP contribution in [0.5, 0.6) is 0 Å². The van der Waals surface area contributed by atoms with Crippen molar-refractivity contribution >= 4 is 39.2 Å². The van der Waals surface area contributed by atoms with Crippen LogP contribution in [0.1, 0.15) is 12.0 Å². The van der Waals surface area contributed by atoms with Crippen LogP contribution < -0.4 is 15.5 Å². The molecular weight excluding hydrogens is 410 g/mol. The first-order valence-corrected chi connectivity index (χ1v) is 9.30. The molecule has 0 aliphatic carbocycles. The van der Waals surface area contributed by atoms with Gasteiger partial charge >= 0.3 is 0 Å². The highest BCUT2D eigenvalue weighted by Gasteiger charge is 2.34. The summed E-state index contributed by atoms with van der Waals surface area (Å²) in [5.74, 6) is -0.0881. The lowest BCUT2D eigenvalue weighted by Gasteiger charge is -2.17. The first kappa shape index (κ1) is 18.9. The van der Waals surface area contributed by atoms with Gasteiger partial charge in [-0.05, 0) is 30.3 Å². The number of hydrogen-bond acceptors (Lipinski definition) is 5. The first-order chi connectivity index (χ1) is 13.1. The van der Waals surface area contributed by atoms with Gasteiger partial charge in [-0.15, -0.1) is 0 Å². The van der Waals surface area contributed by atoms with E-state index in [0.717, 1.165) is 10.2 Å². The Kier molecular flexibility index (Phi) is 6.04. The molecule has 1 atom stereocenters. The SMILES string of the molecule is N#Cc1cccnc1NCCNC(=O)C1CC(=O)N(c2cccc(Br)c2)C1. The molecule has 1 aromatic carbocycles. The van der Waals surface area contributed by atoms with Gasteiger partial charge in [0.2, 0.25) is 11.8 Å². The number of carbonyl (C=O) groups is 2. The Balaban J connectivity index is 1.49. The largest absolute Gasteiger partial charge is 0.367 e. The Hall–Kier alpha value is -2.92. The molecule has 2 heterocycles. The zero-order chi connectivity index (χ0) is 19.2. The maximum absolute atomic E-state index is 12.4. The lowest BCUT2D eigenvalue weighted by molar-refractivity contribution is -0.126. The number of pyridine rings is 1. The Labute approximate surface area is 165 Å². The molecule has 1 saturated heterocycles. The predicted octanol–water partition coefficient (Wildman–Crippen LogP) is 2.30. The van der Waals surface area contributed by atoms with Crippen LogP contribution in [0.25, 0.3) is 0 Å². The molecule has 0 radical (unpaired) electrons. The molecule has 27 heavy (non-hydrogen) atoms. The number of nitriles is 1. The fourth-order valence-corrected chi connectivity index (χ4v) is 3.31. The molecule has 8 heteroatoms. The molecule has 0 saturated carbocycles. The van der Waals surface area contributed by atoms with Crippen molar-refractivity contribution in [2.45, 2.75) is 6.42 Å². The number of halogens is 1. The lowest BCUT2D eigenvalue weighted by Crippen LogP contribution is -2.35. The Morgan fingerprint density at radius 2 is 2.19 bits per heavy atom. The number of hydrogen-bond donors (Lipinski definition) is 2. The molecule has 1 aliphatic rings. The van der Waals surface area contributed by atoms with Gasteiger partial charge in [0.15, 0.2) is 0 Å². The molecular formula is C19H18BrN5O2. The summed E-state index contributed by atoms with van der Waals surface area (Å²) in [7, 11) is 0. The Bertz CT molecular complexity index is 896. The molecule has 3 rings (SSSR count). The van der Waals surface area contributed by atoms with E-state index >= 15 is 0 Å². The number of nitrogens with one attached hydrogen (secondary N) is 2. The molecule has 0 bridgehead atoms. The van der Waals surface area contributed by atoms with E-state index in [0.29, 0.717) is 31.0 Å². The maximum Gasteiger partial charge on any atom is 0.227 e. The van der Waals surface area contributed by atoms with Crippen LogP contribution in [0.4, 0.5) is 11.5 Å². The van der Waals surface area contributed by atoms with Gasteiger partial charge in [0.05, 0.1) is 11.5 Å². The van der Waals surface area contributed by atoms with Gasteiger partial charge in [0, 0.05) is 42.4 Å². The van der Waals surface area contributed by atoms with Crippen molar-refractivity contribution in [2.75, 3.05) is 29.9 Å². The summed E-state index contributed by atoms with van der Waals surface area (Å²) in [4.78, 5) is 30.4. The molecule has 0 spiro atoms. The average Bonchev–Trinajstić information content (AvgIpc) is 3.07. The van der Waals surface area contributed by atoms with Crippen LogP contribution in [0.3, 0.4) is 0 Å². The predicted molar refractivity (Wildman–Crippen MR) is 105 cm³/mol. The van der Waals surface area contributed by atoms with Gasteiger partial charge in [-0.3, -0.25) is 9.59 Å². The second-order valence-corrected chi connectivity index (χ2v) is 7.03. The van der Waals surface area contributed by atoms with Crippen molar-refractivity contribution in [3.63, 3.8) is 0 Å². The fourth-order valence-electron chi connectivity index (χ4n) is 2.92. The average molecular weight is 428 g/mol. The van der Waals surface area contributed by atoms with Crippen LogP contribution >= 0.6 is 15.9 Å². The third-order valence-corrected chi connectivity index (χ3v) is 4.75. The van der Waals surface area contributed by atoms with Crippen LogP contribution in [-0.4, -0.2) is 36.4 Å². The summed E-state index contributed by atoms with van der Waals surface area (Å²) in [6.45, 7) is 1.18. The number of nitrogens with zero attached hydrogens (tertiary/aromatic N) is 3. The zero-order valence-electron chi connectivity index (χ0n) is 14.5. The minimum absolute atomic E-state index is 0.0569. The monoisotopic (exact) mass is 427 g/mol. The van der Waals surface area contributed by atoms with E-state index in [1.165, 1.54) is 0 Å². The van der Waals surface area contributed by atoms with Crippen LogP contribution in [0, 0.1) is 17.2 Å². The van der Waals surface area contributed by atoms with E-state index in [4.69, 9.17) is 5.26 Å². The number of benzene rings is 1. The van der Waals surface area contributed by atoms with E-state index in [2.05, 4.69) is 37.6 Å². The number of carbonyl (C=O) groups excluding carboxylic acids is 2. The van der Waals surface area contributed by atoms with Gasteiger partial charge in [-0.2, -0.15) is 5.26 Å². The summed E-state index contributed by atoms with van der Waals surface area (Å²) >= 11 is 3.40. The quantitative estimate of drug-likeness (QED) is 0.689. The van der Waals surface area contributed by atoms with Crippen LogP contribution in [0.2, 0.25) is 0 Å². The number of anilines is 2. The molecule has 138 valence electrons. The third kappa shape index (κ3) is 4.63. The van der Waals surface area contributed by atoms with Crippen molar-refractivity contribution in [3.8, 4) is 6.07 Å². The standard InChI is InChI=1S/C19H18BrN5O2/c20-15-4-1-5-16(10-15)25-12-14(9-17(25)26)19(27)24-8-7-23-18-13(11-21)3-2-6-22-18/h1-6,10,14H,7-9,12H2,(H,22,23)(H,24,27). The van der Waals surface area contributed by atoms with Crippen molar-refractivity contribution in [1.82, 2.24) is 10.3 Å². The van der Waals surface area contributed by atoms with E-state index < -0.39 is 0 Å². The second kappa shape index (κ2) is 8.64. The summed E-state index contributed by atoms with van der Waals surface area (Å²) in [6, 6.07) is 12.9. The maximum atomic E-state index is 12.4. The van der Waals surface area contributed by atoms with Gasteiger partial charge in [0.1, 0.15) is 11.9 Å². The number of rotatable bonds is 6. The van der Waals surface area contributed by atoms with E-state index in [-0.39, 0.29) is 24.2 Å². The van der Waals surface area contributed by atoms with Gasteiger partial charge < -0.3 is 15.5 Å². The summed E-state index contributed by atoms with van der Waals surface area (Å²) in [5.41, 5.74) is 1.24. The molecule has 2 amide bonds. The van der Waals surface area contributed by atoms with E-state index in [9.17, 15) is 9.59 Å². The highest BCUT2D eigenvalue weighted by atomic mass is 79.9. The van der Waals surface area contributed by atoms with Crippen molar-refractivity contribution < 1.29 is 9.59 Å². The fraction of sp³-hybridized carbons (Fsp3) is 0.263. The normalized spacial score (nSPS) is 16.1. The van der Waals surface area contributed by atoms with Crippen LogP contribution in [0.15, 0.2) is 47.1 Å². The van der Waals surface area contributed by atoms with Gasteiger partial charge in [-0.25, -0.2) is 4.98 Å². The highest BCUT2D eigenvalue weighted by molar-refractivity contribution is 9.10. The molecule has 1 unspecified atom stereocenters. The van der Waals surface area contributed by atoms with E-state index in [1.807, 2.05) is 24.3 Å². The number of amides is 2. The topological polar surface area (TPSA) is 98.1 Å². The summed E-state index contributed by atoms with van der Waals surface area (Å²) in [5, 5.41) is 14.9. The van der Waals surface area contributed by atoms with Gasteiger partial charge in [0.25, 0.3) is 0 Å². The van der Waals surface area contributed by atoms with Crippen LogP contribution in [-0.2, 0) is 9.59 Å². The van der Waals surface area contributed by atoms with Crippen molar-refractivity contribution in [3.05, 3.63) is 52.6 Å². The third-order valence-electron chi connectivity index (χ3n) is 4.26. The molecule has 1 aromatic heterocycles. The summed E-state index contributed by atoms with van der Waals surface area (Å²) < 4.78 is 0.887. The molecule has 7 nitrogen and oxygen atoms in total. The number of aromatic nitrogens is 1. The second-order valence-electron chi connectivity index (χ2n) is 6.11. The lowest BCUT2D eigenvalue weighted by atomic mass is 10.1. The van der Waals surface area contributed by atoms with E-state index in [1.54, 1.807) is 23.2 Å². The first-order valence-electron chi connectivity index (χ1n) is 8.51.